The molecule has 1 heterocycles. The first-order valence-corrected chi connectivity index (χ1v) is 4.65. The number of methoxy groups -OCH3 is 2. The van der Waals surface area contributed by atoms with E-state index in [-0.39, 0.29) is 6.42 Å². The van der Waals surface area contributed by atoms with E-state index < -0.39 is 29.9 Å². The van der Waals surface area contributed by atoms with Crippen LogP contribution < -0.4 is 0 Å². The summed E-state index contributed by atoms with van der Waals surface area (Å²) in [5.74, 6) is -1.46. The zero-order chi connectivity index (χ0) is 11.6. The highest BCUT2D eigenvalue weighted by Gasteiger charge is 2.46. The van der Waals surface area contributed by atoms with Gasteiger partial charge in [0.2, 0.25) is 0 Å². The standard InChI is InChI=1S/C9H15NO5/c1-5-6(8(11)14-2)4-7(10(5)13)9(12)15-3/h5-7,13H,4H2,1-3H3/t5-,6-,7-/m0/s1. The Balaban J connectivity index is 2.75. The number of rotatable bonds is 2. The van der Waals surface area contributed by atoms with Crippen LogP contribution in [0, 0.1) is 5.92 Å². The van der Waals surface area contributed by atoms with Crippen molar-refractivity contribution in [3.63, 3.8) is 0 Å². The SMILES string of the molecule is COC(=O)[C@H]1C[C@@H](C(=O)OC)N(O)[C@H]1C. The Kier molecular flexibility index (Phi) is 3.65. The summed E-state index contributed by atoms with van der Waals surface area (Å²) >= 11 is 0. The van der Waals surface area contributed by atoms with E-state index in [1.54, 1.807) is 6.92 Å². The summed E-state index contributed by atoms with van der Waals surface area (Å²) in [6, 6.07) is -1.23. The van der Waals surface area contributed by atoms with E-state index in [2.05, 4.69) is 9.47 Å². The molecule has 15 heavy (non-hydrogen) atoms. The minimum Gasteiger partial charge on any atom is -0.469 e. The molecule has 0 saturated carbocycles. The van der Waals surface area contributed by atoms with Crippen LogP contribution in [0.3, 0.4) is 0 Å². The molecule has 1 saturated heterocycles. The average Bonchev–Trinajstić information content (AvgIpc) is 2.54. The van der Waals surface area contributed by atoms with Crippen molar-refractivity contribution in [2.24, 2.45) is 5.92 Å². The lowest BCUT2D eigenvalue weighted by atomic mass is 10.0. The van der Waals surface area contributed by atoms with Crippen molar-refractivity contribution in [2.75, 3.05) is 14.2 Å². The van der Waals surface area contributed by atoms with Crippen LogP contribution in [-0.2, 0) is 19.1 Å². The zero-order valence-electron chi connectivity index (χ0n) is 8.97. The Hall–Kier alpha value is -1.14. The Morgan fingerprint density at radius 1 is 1.27 bits per heavy atom. The van der Waals surface area contributed by atoms with Crippen molar-refractivity contribution in [3.05, 3.63) is 0 Å². The smallest absolute Gasteiger partial charge is 0.325 e. The summed E-state index contributed by atoms with van der Waals surface area (Å²) in [7, 11) is 2.52. The predicted molar refractivity (Wildman–Crippen MR) is 49.0 cm³/mol. The van der Waals surface area contributed by atoms with E-state index in [4.69, 9.17) is 0 Å². The minimum absolute atomic E-state index is 0.219. The Morgan fingerprint density at radius 3 is 2.27 bits per heavy atom. The molecule has 0 bridgehead atoms. The topological polar surface area (TPSA) is 76.1 Å². The van der Waals surface area contributed by atoms with Gasteiger partial charge in [0.05, 0.1) is 20.1 Å². The molecule has 1 aliphatic heterocycles. The summed E-state index contributed by atoms with van der Waals surface area (Å²) in [4.78, 5) is 22.6. The second kappa shape index (κ2) is 4.59. The van der Waals surface area contributed by atoms with Gasteiger partial charge in [-0.05, 0) is 13.3 Å². The van der Waals surface area contributed by atoms with Gasteiger partial charge in [-0.1, -0.05) is 0 Å². The van der Waals surface area contributed by atoms with Gasteiger partial charge in [0.1, 0.15) is 6.04 Å². The maximum Gasteiger partial charge on any atom is 0.325 e. The number of carbonyl (C=O) groups excluding carboxylic acids is 2. The first-order valence-electron chi connectivity index (χ1n) is 4.65. The summed E-state index contributed by atoms with van der Waals surface area (Å²) in [6.45, 7) is 1.66. The highest BCUT2D eigenvalue weighted by molar-refractivity contribution is 5.80. The first kappa shape index (κ1) is 11.9. The van der Waals surface area contributed by atoms with Gasteiger partial charge >= 0.3 is 11.9 Å². The van der Waals surface area contributed by atoms with Crippen LogP contribution in [0.1, 0.15) is 13.3 Å². The molecule has 0 aliphatic carbocycles. The van der Waals surface area contributed by atoms with Crippen LogP contribution in [0.15, 0.2) is 0 Å². The third kappa shape index (κ3) is 2.10. The lowest BCUT2D eigenvalue weighted by Crippen LogP contribution is -2.38. The number of ether oxygens (including phenoxy) is 2. The van der Waals surface area contributed by atoms with E-state index in [1.807, 2.05) is 0 Å². The van der Waals surface area contributed by atoms with E-state index in [1.165, 1.54) is 14.2 Å². The molecule has 0 aromatic carbocycles. The molecular weight excluding hydrogens is 202 g/mol. The van der Waals surface area contributed by atoms with Crippen LogP contribution >= 0.6 is 0 Å². The minimum atomic E-state index is -0.783. The third-order valence-electron chi connectivity index (χ3n) is 2.77. The first-order chi connectivity index (χ1) is 7.02. The van der Waals surface area contributed by atoms with Gasteiger partial charge in [0.15, 0.2) is 0 Å². The molecule has 1 aliphatic rings. The molecule has 0 amide bonds. The molecule has 1 rings (SSSR count). The molecule has 0 spiro atoms. The highest BCUT2D eigenvalue weighted by Crippen LogP contribution is 2.29. The van der Waals surface area contributed by atoms with E-state index in [0.29, 0.717) is 0 Å². The van der Waals surface area contributed by atoms with Crippen LogP contribution in [0.5, 0.6) is 0 Å². The molecule has 0 radical (unpaired) electrons. The van der Waals surface area contributed by atoms with Crippen LogP contribution in [0.4, 0.5) is 0 Å². The summed E-state index contributed by atoms with van der Waals surface area (Å²) < 4.78 is 9.11. The van der Waals surface area contributed by atoms with Crippen LogP contribution in [-0.4, -0.2) is 48.5 Å². The highest BCUT2D eigenvalue weighted by atomic mass is 16.5. The molecule has 0 aromatic heterocycles. The summed E-state index contributed by atoms with van der Waals surface area (Å²) in [6.07, 6.45) is 0.219. The third-order valence-corrected chi connectivity index (χ3v) is 2.77. The fourth-order valence-electron chi connectivity index (χ4n) is 1.80. The number of hydrogen-bond donors (Lipinski definition) is 1. The van der Waals surface area contributed by atoms with Crippen molar-refractivity contribution in [2.45, 2.75) is 25.4 Å². The number of hydroxylamine groups is 2. The Bertz CT molecular complexity index is 241. The van der Waals surface area contributed by atoms with Crippen LogP contribution in [0.2, 0.25) is 0 Å². The van der Waals surface area contributed by atoms with E-state index in [9.17, 15) is 14.8 Å². The average molecular weight is 217 g/mol. The number of nitrogens with zero attached hydrogens (tertiary/aromatic N) is 1. The molecule has 6 heteroatoms. The number of esters is 2. The van der Waals surface area contributed by atoms with E-state index in [0.717, 1.165) is 5.06 Å². The second-order valence-electron chi connectivity index (χ2n) is 3.52. The van der Waals surface area contributed by atoms with Gasteiger partial charge in [-0.3, -0.25) is 9.59 Å². The van der Waals surface area contributed by atoms with Gasteiger partial charge in [-0.15, -0.1) is 0 Å². The molecule has 86 valence electrons. The van der Waals surface area contributed by atoms with Gasteiger partial charge in [-0.25, -0.2) is 0 Å². The second-order valence-corrected chi connectivity index (χ2v) is 3.52. The fourth-order valence-corrected chi connectivity index (χ4v) is 1.80. The van der Waals surface area contributed by atoms with Crippen molar-refractivity contribution in [3.8, 4) is 0 Å². The lowest BCUT2D eigenvalue weighted by Gasteiger charge is -2.19. The molecule has 6 nitrogen and oxygen atoms in total. The molecular formula is C9H15NO5. The fraction of sp³-hybridized carbons (Fsp3) is 0.778. The maximum atomic E-state index is 11.3. The largest absolute Gasteiger partial charge is 0.469 e. The monoisotopic (exact) mass is 217 g/mol. The van der Waals surface area contributed by atoms with Gasteiger partial charge < -0.3 is 14.7 Å². The Labute approximate surface area is 87.7 Å². The number of hydrogen-bond acceptors (Lipinski definition) is 6. The molecule has 1 fully saturated rings. The van der Waals surface area contributed by atoms with Gasteiger partial charge in [0.25, 0.3) is 0 Å². The summed E-state index contributed by atoms with van der Waals surface area (Å²) in [5.41, 5.74) is 0. The molecule has 1 N–H and O–H groups in total. The summed E-state index contributed by atoms with van der Waals surface area (Å²) in [5, 5.41) is 10.5. The van der Waals surface area contributed by atoms with Crippen molar-refractivity contribution in [1.82, 2.24) is 5.06 Å². The molecule has 3 atom stereocenters. The lowest BCUT2D eigenvalue weighted by molar-refractivity contribution is -0.174. The quantitative estimate of drug-likeness (QED) is 0.645. The molecule has 0 unspecified atom stereocenters. The van der Waals surface area contributed by atoms with Gasteiger partial charge in [0, 0.05) is 6.04 Å². The van der Waals surface area contributed by atoms with Crippen LogP contribution in [0.25, 0.3) is 0 Å². The zero-order valence-corrected chi connectivity index (χ0v) is 8.97. The normalized spacial score (nSPS) is 31.3. The number of carbonyl (C=O) groups is 2. The van der Waals surface area contributed by atoms with Crippen molar-refractivity contribution >= 4 is 11.9 Å². The van der Waals surface area contributed by atoms with Gasteiger partial charge in [-0.2, -0.15) is 5.06 Å². The van der Waals surface area contributed by atoms with Crippen molar-refractivity contribution < 1.29 is 24.3 Å². The van der Waals surface area contributed by atoms with Crippen molar-refractivity contribution in [1.29, 1.82) is 0 Å². The molecule has 0 aromatic rings. The van der Waals surface area contributed by atoms with E-state index >= 15 is 0 Å². The predicted octanol–water partition coefficient (Wildman–Crippen LogP) is -0.199. The maximum absolute atomic E-state index is 11.3. The Morgan fingerprint density at radius 2 is 1.80 bits per heavy atom.